The van der Waals surface area contributed by atoms with Gasteiger partial charge in [0, 0.05) is 25.2 Å². The molecule has 1 N–H and O–H groups in total. The standard InChI is InChI=1S/C21H21FN2O4/c1-27-18-7-12-5-6-24(11-13(12)8-19(18)28-2)21(26)16-10-20(25)23-17-9-14(22)3-4-15(16)17/h3-4,7-9,16H,5-6,10-11H2,1-2H3,(H,23,25)/t16-/m1/s1. The van der Waals surface area contributed by atoms with Gasteiger partial charge in [0.1, 0.15) is 5.82 Å². The van der Waals surface area contributed by atoms with Crippen molar-refractivity contribution in [1.82, 2.24) is 4.90 Å². The highest BCUT2D eigenvalue weighted by Gasteiger charge is 2.35. The van der Waals surface area contributed by atoms with Gasteiger partial charge in [-0.1, -0.05) is 6.07 Å². The fourth-order valence-electron chi connectivity index (χ4n) is 3.95. The average molecular weight is 384 g/mol. The molecule has 0 unspecified atom stereocenters. The van der Waals surface area contributed by atoms with Crippen molar-refractivity contribution in [3.63, 3.8) is 0 Å². The molecule has 28 heavy (non-hydrogen) atoms. The number of hydrogen-bond donors (Lipinski definition) is 1. The van der Waals surface area contributed by atoms with Gasteiger partial charge in [-0.3, -0.25) is 9.59 Å². The summed E-state index contributed by atoms with van der Waals surface area (Å²) in [6.45, 7) is 0.985. The minimum absolute atomic E-state index is 0.0623. The summed E-state index contributed by atoms with van der Waals surface area (Å²) in [6, 6.07) is 8.00. The van der Waals surface area contributed by atoms with E-state index < -0.39 is 11.7 Å². The van der Waals surface area contributed by atoms with Crippen LogP contribution < -0.4 is 14.8 Å². The van der Waals surface area contributed by atoms with Crippen LogP contribution in [0, 0.1) is 5.82 Å². The molecule has 2 aliphatic heterocycles. The Bertz CT molecular complexity index is 960. The second-order valence-corrected chi connectivity index (χ2v) is 7.02. The summed E-state index contributed by atoms with van der Waals surface area (Å²) in [7, 11) is 3.17. The molecule has 6 nitrogen and oxygen atoms in total. The number of nitrogens with zero attached hydrogens (tertiary/aromatic N) is 1. The predicted octanol–water partition coefficient (Wildman–Crippen LogP) is 2.85. The first-order valence-corrected chi connectivity index (χ1v) is 9.12. The number of ether oxygens (including phenoxy) is 2. The number of hydrogen-bond acceptors (Lipinski definition) is 4. The summed E-state index contributed by atoms with van der Waals surface area (Å²) in [6.07, 6.45) is 0.753. The number of amides is 2. The molecule has 0 radical (unpaired) electrons. The van der Waals surface area contributed by atoms with Gasteiger partial charge in [-0.05, 0) is 47.4 Å². The van der Waals surface area contributed by atoms with Crippen molar-refractivity contribution in [1.29, 1.82) is 0 Å². The summed E-state index contributed by atoms with van der Waals surface area (Å²) in [5, 5.41) is 2.65. The van der Waals surface area contributed by atoms with Gasteiger partial charge in [0.15, 0.2) is 11.5 Å². The molecular weight excluding hydrogens is 363 g/mol. The number of fused-ring (bicyclic) bond motifs is 2. The summed E-state index contributed by atoms with van der Waals surface area (Å²) < 4.78 is 24.3. The van der Waals surface area contributed by atoms with Gasteiger partial charge < -0.3 is 19.7 Å². The van der Waals surface area contributed by atoms with Crippen LogP contribution in [0.5, 0.6) is 11.5 Å². The zero-order valence-electron chi connectivity index (χ0n) is 15.8. The van der Waals surface area contributed by atoms with Gasteiger partial charge in [-0.15, -0.1) is 0 Å². The van der Waals surface area contributed by atoms with Crippen LogP contribution in [0.4, 0.5) is 10.1 Å². The maximum atomic E-state index is 13.5. The molecule has 1 atom stereocenters. The quantitative estimate of drug-likeness (QED) is 0.884. The fourth-order valence-corrected chi connectivity index (χ4v) is 3.95. The number of rotatable bonds is 3. The van der Waals surface area contributed by atoms with Crippen molar-refractivity contribution in [2.75, 3.05) is 26.1 Å². The molecule has 7 heteroatoms. The monoisotopic (exact) mass is 384 g/mol. The van der Waals surface area contributed by atoms with Crippen molar-refractivity contribution < 1.29 is 23.5 Å². The van der Waals surface area contributed by atoms with E-state index >= 15 is 0 Å². The van der Waals surface area contributed by atoms with E-state index in [4.69, 9.17) is 9.47 Å². The minimum atomic E-state index is -0.606. The molecule has 2 aliphatic rings. The highest BCUT2D eigenvalue weighted by Crippen LogP contribution is 2.37. The zero-order valence-corrected chi connectivity index (χ0v) is 15.8. The number of benzene rings is 2. The second kappa shape index (κ2) is 7.14. The van der Waals surface area contributed by atoms with E-state index in [-0.39, 0.29) is 18.2 Å². The predicted molar refractivity (Wildman–Crippen MR) is 101 cm³/mol. The number of halogens is 1. The Balaban J connectivity index is 1.61. The van der Waals surface area contributed by atoms with Gasteiger partial charge in [-0.2, -0.15) is 0 Å². The van der Waals surface area contributed by atoms with E-state index in [2.05, 4.69) is 5.32 Å². The van der Waals surface area contributed by atoms with E-state index in [0.29, 0.717) is 42.3 Å². The van der Waals surface area contributed by atoms with Gasteiger partial charge >= 0.3 is 0 Å². The Hall–Kier alpha value is -3.09. The average Bonchev–Trinajstić information content (AvgIpc) is 2.70. The topological polar surface area (TPSA) is 67.9 Å². The van der Waals surface area contributed by atoms with Gasteiger partial charge in [0.2, 0.25) is 11.8 Å². The molecule has 0 spiro atoms. The number of nitrogens with one attached hydrogen (secondary N) is 1. The van der Waals surface area contributed by atoms with Crippen molar-refractivity contribution >= 4 is 17.5 Å². The Labute approximate surface area is 162 Å². The maximum Gasteiger partial charge on any atom is 0.231 e. The molecule has 0 saturated carbocycles. The minimum Gasteiger partial charge on any atom is -0.493 e. The molecule has 4 rings (SSSR count). The first-order chi connectivity index (χ1) is 13.5. The third-order valence-corrected chi connectivity index (χ3v) is 5.38. The molecule has 2 amide bonds. The molecule has 2 aromatic rings. The summed E-state index contributed by atoms with van der Waals surface area (Å²) in [5.74, 6) is -0.163. The molecule has 0 bridgehead atoms. The van der Waals surface area contributed by atoms with Crippen molar-refractivity contribution in [2.24, 2.45) is 0 Å². The van der Waals surface area contributed by atoms with Crippen LogP contribution in [0.2, 0.25) is 0 Å². The third kappa shape index (κ3) is 3.17. The lowest BCUT2D eigenvalue weighted by Crippen LogP contribution is -2.41. The number of carbonyl (C=O) groups excluding carboxylic acids is 2. The smallest absolute Gasteiger partial charge is 0.231 e. The highest BCUT2D eigenvalue weighted by molar-refractivity contribution is 6.01. The van der Waals surface area contributed by atoms with Crippen LogP contribution in [0.3, 0.4) is 0 Å². The van der Waals surface area contributed by atoms with Crippen LogP contribution in [-0.2, 0) is 22.6 Å². The van der Waals surface area contributed by atoms with E-state index in [1.54, 1.807) is 25.2 Å². The van der Waals surface area contributed by atoms with E-state index in [1.807, 2.05) is 12.1 Å². The number of carbonyl (C=O) groups is 2. The lowest BCUT2D eigenvalue weighted by atomic mass is 9.88. The molecule has 0 aromatic heterocycles. The third-order valence-electron chi connectivity index (χ3n) is 5.38. The molecule has 0 fully saturated rings. The summed E-state index contributed by atoms with van der Waals surface area (Å²) >= 11 is 0. The Morgan fingerprint density at radius 2 is 1.86 bits per heavy atom. The summed E-state index contributed by atoms with van der Waals surface area (Å²) in [4.78, 5) is 27.0. The van der Waals surface area contributed by atoms with Gasteiger partial charge in [0.25, 0.3) is 0 Å². The van der Waals surface area contributed by atoms with Crippen molar-refractivity contribution in [3.05, 3.63) is 52.8 Å². The van der Waals surface area contributed by atoms with Gasteiger partial charge in [-0.25, -0.2) is 4.39 Å². The molecular formula is C21H21FN2O4. The first-order valence-electron chi connectivity index (χ1n) is 9.12. The van der Waals surface area contributed by atoms with Crippen LogP contribution in [0.1, 0.15) is 29.0 Å². The zero-order chi connectivity index (χ0) is 19.8. The van der Waals surface area contributed by atoms with Gasteiger partial charge in [0.05, 0.1) is 20.1 Å². The van der Waals surface area contributed by atoms with Crippen molar-refractivity contribution in [3.8, 4) is 11.5 Å². The van der Waals surface area contributed by atoms with Crippen LogP contribution in [-0.4, -0.2) is 37.5 Å². The highest BCUT2D eigenvalue weighted by atomic mass is 19.1. The molecule has 0 saturated heterocycles. The number of methoxy groups -OCH3 is 2. The summed E-state index contributed by atoms with van der Waals surface area (Å²) in [5.41, 5.74) is 3.14. The van der Waals surface area contributed by atoms with Crippen molar-refractivity contribution in [2.45, 2.75) is 25.3 Å². The van der Waals surface area contributed by atoms with E-state index in [0.717, 1.165) is 11.1 Å². The molecule has 2 aromatic carbocycles. The van der Waals surface area contributed by atoms with Crippen LogP contribution in [0.25, 0.3) is 0 Å². The fraction of sp³-hybridized carbons (Fsp3) is 0.333. The molecule has 146 valence electrons. The number of anilines is 1. The molecule has 0 aliphatic carbocycles. The largest absolute Gasteiger partial charge is 0.493 e. The Morgan fingerprint density at radius 3 is 2.57 bits per heavy atom. The van der Waals surface area contributed by atoms with Crippen LogP contribution in [0.15, 0.2) is 30.3 Å². The van der Waals surface area contributed by atoms with E-state index in [9.17, 15) is 14.0 Å². The second-order valence-electron chi connectivity index (χ2n) is 7.02. The molecule has 2 heterocycles. The maximum absolute atomic E-state index is 13.5. The first kappa shape index (κ1) is 18.3. The lowest BCUT2D eigenvalue weighted by Gasteiger charge is -2.34. The lowest BCUT2D eigenvalue weighted by molar-refractivity contribution is -0.135. The normalized spacial score (nSPS) is 18.0. The Kier molecular flexibility index (Phi) is 4.66. The van der Waals surface area contributed by atoms with Crippen LogP contribution >= 0.6 is 0 Å². The Morgan fingerprint density at radius 1 is 1.14 bits per heavy atom. The SMILES string of the molecule is COc1cc2c(cc1OC)CN(C(=O)[C@@H]1CC(=O)Nc3cc(F)ccc31)CC2. The van der Waals surface area contributed by atoms with E-state index in [1.165, 1.54) is 12.1 Å².